The van der Waals surface area contributed by atoms with Crippen molar-refractivity contribution in [1.82, 2.24) is 0 Å². The number of guanidine groups is 1. The van der Waals surface area contributed by atoms with E-state index in [1.54, 1.807) is 0 Å². The Kier molecular flexibility index (Phi) is 4.98. The molecule has 1 aromatic rings. The summed E-state index contributed by atoms with van der Waals surface area (Å²) in [4.78, 5) is 2.46. The molecule has 1 saturated heterocycles. The molecule has 1 aliphatic rings. The minimum atomic E-state index is -0.0227. The molecule has 0 amide bonds. The van der Waals surface area contributed by atoms with E-state index >= 15 is 0 Å². The lowest BCUT2D eigenvalue weighted by molar-refractivity contribution is 0.726. The number of nitrogens with zero attached hydrogens (tertiary/aromatic N) is 3. The summed E-state index contributed by atoms with van der Waals surface area (Å²) in [6, 6.07) is 8.44. The van der Waals surface area contributed by atoms with Crippen molar-refractivity contribution in [2.24, 2.45) is 21.7 Å². The highest BCUT2D eigenvalue weighted by Gasteiger charge is 2.09. The average Bonchev–Trinajstić information content (AvgIpc) is 2.74. The van der Waals surface area contributed by atoms with Crippen LogP contribution < -0.4 is 16.4 Å². The topological polar surface area (TPSA) is 80.0 Å². The highest BCUT2D eigenvalue weighted by Crippen LogP contribution is 2.20. The molecule has 0 aromatic heterocycles. The van der Waals surface area contributed by atoms with Crippen LogP contribution in [0, 0.1) is 0 Å². The number of hydrogen-bond acceptors (Lipinski definition) is 3. The Morgan fingerprint density at radius 1 is 0.950 bits per heavy atom. The Balaban J connectivity index is 2.09. The third kappa shape index (κ3) is 3.98. The van der Waals surface area contributed by atoms with Gasteiger partial charge in [-0.2, -0.15) is 5.10 Å². The van der Waals surface area contributed by atoms with Crippen molar-refractivity contribution in [3.63, 3.8) is 0 Å². The summed E-state index contributed by atoms with van der Waals surface area (Å²) in [5, 5.41) is 7.67. The fourth-order valence-corrected chi connectivity index (χ4v) is 2.43. The largest absolute Gasteiger partial charge is 0.372 e. The third-order valence-corrected chi connectivity index (χ3v) is 3.57. The van der Waals surface area contributed by atoms with Crippen LogP contribution in [0.15, 0.2) is 34.5 Å². The summed E-state index contributed by atoms with van der Waals surface area (Å²) in [7, 11) is 0. The zero-order valence-corrected chi connectivity index (χ0v) is 12.0. The van der Waals surface area contributed by atoms with Gasteiger partial charge in [0.1, 0.15) is 0 Å². The van der Waals surface area contributed by atoms with E-state index in [-0.39, 0.29) is 5.96 Å². The summed E-state index contributed by atoms with van der Waals surface area (Å²) < 4.78 is 0. The molecule has 0 spiro atoms. The van der Waals surface area contributed by atoms with Gasteiger partial charge in [-0.3, -0.25) is 0 Å². The van der Waals surface area contributed by atoms with Crippen LogP contribution in [-0.4, -0.2) is 24.8 Å². The molecule has 1 fully saturated rings. The third-order valence-electron chi connectivity index (χ3n) is 3.57. The molecule has 2 rings (SSSR count). The van der Waals surface area contributed by atoms with Gasteiger partial charge >= 0.3 is 0 Å². The van der Waals surface area contributed by atoms with Crippen molar-refractivity contribution in [3.05, 3.63) is 29.8 Å². The van der Waals surface area contributed by atoms with Gasteiger partial charge in [-0.15, -0.1) is 5.10 Å². The standard InChI is InChI=1S/C15H23N5/c1-12(18-19-15(16)17)13-6-8-14(9-7-13)20-10-4-2-3-5-11-20/h6-9H,2-5,10-11H2,1H3,(H4,16,17,19)/b18-12+. The lowest BCUT2D eigenvalue weighted by atomic mass is 10.1. The summed E-state index contributed by atoms with van der Waals surface area (Å²) in [5.41, 5.74) is 13.7. The summed E-state index contributed by atoms with van der Waals surface area (Å²) >= 11 is 0. The Morgan fingerprint density at radius 3 is 2.10 bits per heavy atom. The van der Waals surface area contributed by atoms with Gasteiger partial charge in [-0.05, 0) is 37.5 Å². The molecular formula is C15H23N5. The van der Waals surface area contributed by atoms with Crippen molar-refractivity contribution in [2.75, 3.05) is 18.0 Å². The van der Waals surface area contributed by atoms with E-state index in [9.17, 15) is 0 Å². The summed E-state index contributed by atoms with van der Waals surface area (Å²) in [6.45, 7) is 4.20. The first-order chi connectivity index (χ1) is 9.66. The summed E-state index contributed by atoms with van der Waals surface area (Å²) in [5.74, 6) is -0.0227. The highest BCUT2D eigenvalue weighted by molar-refractivity contribution is 5.99. The number of anilines is 1. The van der Waals surface area contributed by atoms with Crippen molar-refractivity contribution in [1.29, 1.82) is 0 Å². The molecule has 0 bridgehead atoms. The first kappa shape index (κ1) is 14.4. The fourth-order valence-electron chi connectivity index (χ4n) is 2.43. The van der Waals surface area contributed by atoms with Gasteiger partial charge in [-0.1, -0.05) is 25.0 Å². The van der Waals surface area contributed by atoms with Crippen LogP contribution in [0.3, 0.4) is 0 Å². The van der Waals surface area contributed by atoms with Crippen molar-refractivity contribution >= 4 is 17.4 Å². The Morgan fingerprint density at radius 2 is 1.55 bits per heavy atom. The molecule has 0 atom stereocenters. The van der Waals surface area contributed by atoms with Gasteiger partial charge in [0.15, 0.2) is 0 Å². The van der Waals surface area contributed by atoms with Crippen LogP contribution >= 0.6 is 0 Å². The number of hydrogen-bond donors (Lipinski definition) is 2. The minimum Gasteiger partial charge on any atom is -0.372 e. The van der Waals surface area contributed by atoms with Crippen LogP contribution in [0.2, 0.25) is 0 Å². The van der Waals surface area contributed by atoms with E-state index in [0.29, 0.717) is 0 Å². The number of benzene rings is 1. The van der Waals surface area contributed by atoms with Crippen LogP contribution in [0.1, 0.15) is 38.2 Å². The molecule has 0 aliphatic carbocycles. The second-order valence-electron chi connectivity index (χ2n) is 5.16. The van der Waals surface area contributed by atoms with Gasteiger partial charge in [0.05, 0.1) is 5.71 Å². The predicted molar refractivity (Wildman–Crippen MR) is 85.1 cm³/mol. The molecular weight excluding hydrogens is 250 g/mol. The Labute approximate surface area is 120 Å². The van der Waals surface area contributed by atoms with E-state index < -0.39 is 0 Å². The maximum atomic E-state index is 5.27. The summed E-state index contributed by atoms with van der Waals surface area (Å²) in [6.07, 6.45) is 5.26. The molecule has 4 N–H and O–H groups in total. The van der Waals surface area contributed by atoms with Gasteiger partial charge in [0.2, 0.25) is 5.96 Å². The Bertz CT molecular complexity index is 477. The minimum absolute atomic E-state index is 0.0227. The highest BCUT2D eigenvalue weighted by atomic mass is 15.3. The smallest absolute Gasteiger partial charge is 0.211 e. The fraction of sp³-hybridized carbons (Fsp3) is 0.467. The molecule has 0 unspecified atom stereocenters. The van der Waals surface area contributed by atoms with E-state index in [1.165, 1.54) is 31.4 Å². The van der Waals surface area contributed by atoms with E-state index in [0.717, 1.165) is 24.4 Å². The normalized spacial score (nSPS) is 16.6. The van der Waals surface area contributed by atoms with Crippen molar-refractivity contribution < 1.29 is 0 Å². The molecule has 108 valence electrons. The van der Waals surface area contributed by atoms with E-state index in [1.807, 2.05) is 6.92 Å². The van der Waals surface area contributed by atoms with Gasteiger partial charge in [0.25, 0.3) is 0 Å². The second-order valence-corrected chi connectivity index (χ2v) is 5.16. The SMILES string of the molecule is C/C(=N\N=C(N)N)c1ccc(N2CCCCCC2)cc1. The average molecular weight is 273 g/mol. The number of nitrogens with two attached hydrogens (primary N) is 2. The van der Waals surface area contributed by atoms with E-state index in [4.69, 9.17) is 11.5 Å². The van der Waals surface area contributed by atoms with Gasteiger partial charge in [-0.25, -0.2) is 0 Å². The van der Waals surface area contributed by atoms with E-state index in [2.05, 4.69) is 39.4 Å². The van der Waals surface area contributed by atoms with Crippen molar-refractivity contribution in [3.8, 4) is 0 Å². The molecule has 0 radical (unpaired) electrons. The maximum Gasteiger partial charge on any atom is 0.211 e. The van der Waals surface area contributed by atoms with Gasteiger partial charge < -0.3 is 16.4 Å². The maximum absolute atomic E-state index is 5.27. The number of rotatable bonds is 3. The lowest BCUT2D eigenvalue weighted by Crippen LogP contribution is -2.23. The predicted octanol–water partition coefficient (Wildman–Crippen LogP) is 2.06. The van der Waals surface area contributed by atoms with Crippen molar-refractivity contribution in [2.45, 2.75) is 32.6 Å². The first-order valence-electron chi connectivity index (χ1n) is 7.15. The molecule has 5 nitrogen and oxygen atoms in total. The molecule has 1 aromatic carbocycles. The van der Waals surface area contributed by atoms with Crippen LogP contribution in [0.5, 0.6) is 0 Å². The lowest BCUT2D eigenvalue weighted by Gasteiger charge is -2.22. The monoisotopic (exact) mass is 273 g/mol. The molecule has 5 heteroatoms. The first-order valence-corrected chi connectivity index (χ1v) is 7.15. The zero-order chi connectivity index (χ0) is 14.4. The molecule has 0 saturated carbocycles. The Hall–Kier alpha value is -2.04. The molecule has 20 heavy (non-hydrogen) atoms. The van der Waals surface area contributed by atoms with Crippen LogP contribution in [-0.2, 0) is 0 Å². The van der Waals surface area contributed by atoms with Gasteiger partial charge in [0, 0.05) is 18.8 Å². The van der Waals surface area contributed by atoms with Crippen LogP contribution in [0.25, 0.3) is 0 Å². The molecule has 1 aliphatic heterocycles. The zero-order valence-electron chi connectivity index (χ0n) is 12.0. The second kappa shape index (κ2) is 6.93. The quantitative estimate of drug-likeness (QED) is 0.502. The van der Waals surface area contributed by atoms with Crippen LogP contribution in [0.4, 0.5) is 5.69 Å². The molecule has 1 heterocycles.